The highest BCUT2D eigenvalue weighted by molar-refractivity contribution is 9.10. The molecule has 1 unspecified atom stereocenters. The highest BCUT2D eigenvalue weighted by Gasteiger charge is 2.38. The van der Waals surface area contributed by atoms with Crippen LogP contribution in [0.5, 0.6) is 5.75 Å². The van der Waals surface area contributed by atoms with E-state index in [9.17, 15) is 19.5 Å². The Balaban J connectivity index is 2.27. The van der Waals surface area contributed by atoms with Crippen molar-refractivity contribution in [1.29, 1.82) is 0 Å². The van der Waals surface area contributed by atoms with E-state index in [1.165, 1.54) is 6.92 Å². The van der Waals surface area contributed by atoms with Gasteiger partial charge in [0, 0.05) is 0 Å². The van der Waals surface area contributed by atoms with Crippen LogP contribution in [-0.2, 0) is 19.1 Å². The molecule has 160 valence electrons. The van der Waals surface area contributed by atoms with Crippen LogP contribution in [0.1, 0.15) is 43.2 Å². The average Bonchev–Trinajstić information content (AvgIpc) is 2.69. The Labute approximate surface area is 177 Å². The number of rotatable bonds is 5. The van der Waals surface area contributed by atoms with E-state index in [4.69, 9.17) is 14.2 Å². The van der Waals surface area contributed by atoms with Gasteiger partial charge in [-0.25, -0.2) is 9.78 Å². The average molecular weight is 473 g/mol. The summed E-state index contributed by atoms with van der Waals surface area (Å²) in [6.07, 6.45) is -1.83. The molecule has 1 amide bonds. The van der Waals surface area contributed by atoms with Crippen LogP contribution in [0.15, 0.2) is 10.7 Å². The number of halogens is 1. The van der Waals surface area contributed by atoms with Crippen molar-refractivity contribution in [3.05, 3.63) is 21.9 Å². The number of aliphatic hydroxyl groups excluding tert-OH is 1. The Morgan fingerprint density at radius 2 is 2.07 bits per heavy atom. The first-order valence-corrected chi connectivity index (χ1v) is 10.1. The number of nitrogens with one attached hydrogen (secondary N) is 1. The predicted molar refractivity (Wildman–Crippen MR) is 105 cm³/mol. The van der Waals surface area contributed by atoms with Crippen molar-refractivity contribution >= 4 is 33.8 Å². The van der Waals surface area contributed by atoms with Gasteiger partial charge in [0.15, 0.2) is 17.5 Å². The largest absolute Gasteiger partial charge is 0.491 e. The third kappa shape index (κ3) is 5.45. The maximum absolute atomic E-state index is 12.8. The van der Waals surface area contributed by atoms with Gasteiger partial charge in [-0.3, -0.25) is 9.59 Å². The predicted octanol–water partition coefficient (Wildman–Crippen LogP) is 1.53. The Kier molecular flexibility index (Phi) is 7.97. The molecule has 10 heteroatoms. The summed E-state index contributed by atoms with van der Waals surface area (Å²) in [5, 5.41) is 12.7. The number of aromatic nitrogens is 1. The second-order valence-corrected chi connectivity index (χ2v) is 7.49. The summed E-state index contributed by atoms with van der Waals surface area (Å²) < 4.78 is 16.3. The molecule has 0 aliphatic carbocycles. The first-order valence-electron chi connectivity index (χ1n) is 9.35. The van der Waals surface area contributed by atoms with Crippen molar-refractivity contribution < 1.29 is 33.7 Å². The number of hydrogen-bond acceptors (Lipinski definition) is 8. The van der Waals surface area contributed by atoms with Crippen LogP contribution < -0.4 is 10.1 Å². The molecule has 1 aliphatic heterocycles. The molecular weight excluding hydrogens is 448 g/mol. The van der Waals surface area contributed by atoms with Gasteiger partial charge >= 0.3 is 11.9 Å². The van der Waals surface area contributed by atoms with Crippen molar-refractivity contribution in [2.45, 2.75) is 52.4 Å². The highest BCUT2D eigenvalue weighted by Crippen LogP contribution is 2.25. The minimum Gasteiger partial charge on any atom is -0.491 e. The number of aliphatic hydroxyl groups is 1. The Bertz CT molecular complexity index is 786. The third-order valence-electron chi connectivity index (χ3n) is 4.55. The number of carbonyl (C=O) groups is 3. The van der Waals surface area contributed by atoms with Crippen molar-refractivity contribution in [1.82, 2.24) is 10.3 Å². The summed E-state index contributed by atoms with van der Waals surface area (Å²) in [4.78, 5) is 41.7. The van der Waals surface area contributed by atoms with Gasteiger partial charge in [-0.2, -0.15) is 0 Å². The van der Waals surface area contributed by atoms with Crippen LogP contribution >= 0.6 is 15.9 Å². The van der Waals surface area contributed by atoms with E-state index in [0.717, 1.165) is 0 Å². The molecule has 0 spiro atoms. The zero-order chi connectivity index (χ0) is 21.7. The summed E-state index contributed by atoms with van der Waals surface area (Å²) in [7, 11) is 0. The fraction of sp³-hybridized carbons (Fsp3) is 0.579. The molecule has 4 atom stereocenters. The smallest absolute Gasteiger partial charge is 0.332 e. The van der Waals surface area contributed by atoms with E-state index in [-0.39, 0.29) is 11.4 Å². The lowest BCUT2D eigenvalue weighted by Crippen LogP contribution is -2.46. The van der Waals surface area contributed by atoms with Gasteiger partial charge in [-0.1, -0.05) is 6.92 Å². The van der Waals surface area contributed by atoms with E-state index in [2.05, 4.69) is 26.2 Å². The number of nitrogens with zero attached hydrogens (tertiary/aromatic N) is 1. The lowest BCUT2D eigenvalue weighted by atomic mass is 9.96. The molecule has 1 aromatic heterocycles. The first-order chi connectivity index (χ1) is 13.7. The fourth-order valence-electron chi connectivity index (χ4n) is 2.98. The van der Waals surface area contributed by atoms with Crippen molar-refractivity contribution in [3.8, 4) is 5.75 Å². The second-order valence-electron chi connectivity index (χ2n) is 6.68. The maximum Gasteiger partial charge on any atom is 0.332 e. The molecule has 2 rings (SSSR count). The highest BCUT2D eigenvalue weighted by atomic mass is 79.9. The minimum absolute atomic E-state index is 0.0164. The van der Waals surface area contributed by atoms with Crippen molar-refractivity contribution in [2.24, 2.45) is 5.92 Å². The molecule has 0 saturated carbocycles. The SMILES string of the molecule is CCOc1c(C)cc(Br)nc1C(=O)NC1COC(=O)[C@H](CC)[C@@H](O)[C@H](C)OC1=O. The Hall–Kier alpha value is -2.20. The van der Waals surface area contributed by atoms with Crippen LogP contribution in [0.25, 0.3) is 0 Å². The van der Waals surface area contributed by atoms with Crippen LogP contribution in [0, 0.1) is 12.8 Å². The normalized spacial score (nSPS) is 25.2. The molecule has 0 bridgehead atoms. The standard InChI is InChI=1S/C19H25BrN2O7/c1-5-11-15(23)10(4)29-19(26)12(8-28-18(11)25)21-17(24)14-16(27-6-2)9(3)7-13(20)22-14/h7,10-12,15,23H,5-6,8H2,1-4H3,(H,21,24)/t10-,11+,12?,15-/m0/s1. The van der Waals surface area contributed by atoms with Gasteiger partial charge in [0.25, 0.3) is 5.91 Å². The number of hydrogen-bond donors (Lipinski definition) is 2. The van der Waals surface area contributed by atoms with Crippen LogP contribution in [-0.4, -0.2) is 59.4 Å². The summed E-state index contributed by atoms with van der Waals surface area (Å²) >= 11 is 3.24. The molecule has 0 radical (unpaired) electrons. The van der Waals surface area contributed by atoms with Crippen LogP contribution in [0.2, 0.25) is 0 Å². The molecular formula is C19H25BrN2O7. The number of ether oxygens (including phenoxy) is 3. The van der Waals surface area contributed by atoms with Gasteiger partial charge in [0.2, 0.25) is 0 Å². The fourth-order valence-corrected chi connectivity index (χ4v) is 3.50. The molecule has 2 N–H and O–H groups in total. The topological polar surface area (TPSA) is 124 Å². The Morgan fingerprint density at radius 3 is 2.69 bits per heavy atom. The number of aryl methyl sites for hydroxylation is 1. The number of carbonyl (C=O) groups excluding carboxylic acids is 3. The molecule has 1 saturated heterocycles. The number of esters is 2. The summed E-state index contributed by atoms with van der Waals surface area (Å²) in [5.41, 5.74) is 0.669. The van der Waals surface area contributed by atoms with Crippen molar-refractivity contribution in [2.75, 3.05) is 13.2 Å². The van der Waals surface area contributed by atoms with Gasteiger partial charge in [0.1, 0.15) is 23.4 Å². The summed E-state index contributed by atoms with van der Waals surface area (Å²) in [6.45, 7) is 6.64. The van der Waals surface area contributed by atoms with E-state index in [0.29, 0.717) is 23.2 Å². The first kappa shape index (κ1) is 23.1. The second kappa shape index (κ2) is 10.0. The molecule has 0 aromatic carbocycles. The Morgan fingerprint density at radius 1 is 1.38 bits per heavy atom. The molecule has 9 nitrogen and oxygen atoms in total. The molecule has 1 aromatic rings. The van der Waals surface area contributed by atoms with Gasteiger partial charge in [0.05, 0.1) is 12.5 Å². The van der Waals surface area contributed by atoms with Crippen molar-refractivity contribution in [3.63, 3.8) is 0 Å². The van der Waals surface area contributed by atoms with Gasteiger partial charge < -0.3 is 24.6 Å². The quantitative estimate of drug-likeness (QED) is 0.488. The number of amides is 1. The summed E-state index contributed by atoms with van der Waals surface area (Å²) in [5.74, 6) is -2.70. The zero-order valence-corrected chi connectivity index (χ0v) is 18.3. The lowest BCUT2D eigenvalue weighted by Gasteiger charge is -2.23. The van der Waals surface area contributed by atoms with Crippen LogP contribution in [0.4, 0.5) is 0 Å². The molecule has 29 heavy (non-hydrogen) atoms. The number of cyclic esters (lactones) is 2. The van der Waals surface area contributed by atoms with Gasteiger partial charge in [-0.05, 0) is 54.8 Å². The monoisotopic (exact) mass is 472 g/mol. The van der Waals surface area contributed by atoms with E-state index in [1.54, 1.807) is 26.8 Å². The molecule has 2 heterocycles. The third-order valence-corrected chi connectivity index (χ3v) is 4.96. The lowest BCUT2D eigenvalue weighted by molar-refractivity contribution is -0.159. The van der Waals surface area contributed by atoms with Gasteiger partial charge in [-0.15, -0.1) is 0 Å². The van der Waals surface area contributed by atoms with E-state index in [1.807, 2.05) is 0 Å². The van der Waals surface area contributed by atoms with E-state index >= 15 is 0 Å². The maximum atomic E-state index is 12.8. The number of pyridine rings is 1. The van der Waals surface area contributed by atoms with Crippen LogP contribution in [0.3, 0.4) is 0 Å². The minimum atomic E-state index is -1.26. The van der Waals surface area contributed by atoms with E-state index < -0.39 is 48.6 Å². The summed E-state index contributed by atoms with van der Waals surface area (Å²) in [6, 6.07) is 0.443. The molecule has 1 fully saturated rings. The zero-order valence-electron chi connectivity index (χ0n) is 16.7. The molecule has 1 aliphatic rings.